The van der Waals surface area contributed by atoms with E-state index < -0.39 is 0 Å². The normalized spacial score (nSPS) is 11.8. The number of thioether (sulfide) groups is 1. The number of rotatable bonds is 4. The molecule has 3 rings (SSSR count). The molecule has 0 saturated heterocycles. The number of hydrogen-bond donors (Lipinski definition) is 0. The number of hydrogen-bond acceptors (Lipinski definition) is 4. The zero-order valence-corrected chi connectivity index (χ0v) is 18.1. The SMILES string of the molecule is Cc1cc(C(n2cccn2)n2cccn2)c(SC(=O)N(C)C)c(C(C)(C)C)c1. The molecule has 0 unspecified atom stereocenters. The zero-order chi connectivity index (χ0) is 20.5. The summed E-state index contributed by atoms with van der Waals surface area (Å²) in [5.74, 6) is 0. The van der Waals surface area contributed by atoms with Crippen molar-refractivity contribution in [3.05, 3.63) is 65.7 Å². The number of aryl methyl sites for hydroxylation is 1. The lowest BCUT2D eigenvalue weighted by atomic mass is 9.84. The van der Waals surface area contributed by atoms with E-state index >= 15 is 0 Å². The van der Waals surface area contributed by atoms with Crippen LogP contribution < -0.4 is 0 Å². The van der Waals surface area contributed by atoms with Crippen LogP contribution in [0.1, 0.15) is 43.6 Å². The fraction of sp³-hybridized carbons (Fsp3) is 0.381. The van der Waals surface area contributed by atoms with Crippen LogP contribution in [0.15, 0.2) is 53.9 Å². The average Bonchev–Trinajstić information content (AvgIpc) is 3.30. The van der Waals surface area contributed by atoms with E-state index in [4.69, 9.17) is 0 Å². The van der Waals surface area contributed by atoms with Gasteiger partial charge in [-0.3, -0.25) is 4.79 Å². The predicted octanol–water partition coefficient (Wildman–Crippen LogP) is 4.55. The first kappa shape index (κ1) is 20.2. The van der Waals surface area contributed by atoms with Gasteiger partial charge in [0.15, 0.2) is 6.17 Å². The van der Waals surface area contributed by atoms with E-state index in [1.807, 2.05) is 33.9 Å². The van der Waals surface area contributed by atoms with Gasteiger partial charge in [-0.15, -0.1) is 0 Å². The van der Waals surface area contributed by atoms with Gasteiger partial charge < -0.3 is 4.90 Å². The number of benzene rings is 1. The van der Waals surface area contributed by atoms with Crippen LogP contribution in [0.3, 0.4) is 0 Å². The Hall–Kier alpha value is -2.54. The van der Waals surface area contributed by atoms with Crippen LogP contribution >= 0.6 is 11.8 Å². The molecule has 3 aromatic rings. The summed E-state index contributed by atoms with van der Waals surface area (Å²) in [5.41, 5.74) is 3.18. The molecular formula is C21H27N5OS. The highest BCUT2D eigenvalue weighted by Gasteiger charge is 2.29. The van der Waals surface area contributed by atoms with Crippen LogP contribution in [-0.2, 0) is 5.41 Å². The van der Waals surface area contributed by atoms with E-state index in [1.165, 1.54) is 11.8 Å². The summed E-state index contributed by atoms with van der Waals surface area (Å²) in [5, 5.41) is 8.95. The second-order valence-electron chi connectivity index (χ2n) is 8.09. The first-order chi connectivity index (χ1) is 13.2. The van der Waals surface area contributed by atoms with Gasteiger partial charge in [-0.05, 0) is 41.8 Å². The van der Waals surface area contributed by atoms with Crippen molar-refractivity contribution < 1.29 is 4.79 Å². The largest absolute Gasteiger partial charge is 0.339 e. The minimum atomic E-state index is -0.275. The molecule has 0 aliphatic rings. The molecule has 0 aliphatic heterocycles. The Morgan fingerprint density at radius 1 is 1.07 bits per heavy atom. The third-order valence-electron chi connectivity index (χ3n) is 4.45. The quantitative estimate of drug-likeness (QED) is 0.606. The molecule has 0 bridgehead atoms. The van der Waals surface area contributed by atoms with Gasteiger partial charge in [-0.2, -0.15) is 10.2 Å². The lowest BCUT2D eigenvalue weighted by Crippen LogP contribution is -2.25. The molecule has 0 atom stereocenters. The maximum absolute atomic E-state index is 12.7. The number of carbonyl (C=O) groups is 1. The van der Waals surface area contributed by atoms with E-state index in [-0.39, 0.29) is 16.8 Å². The summed E-state index contributed by atoms with van der Waals surface area (Å²) in [4.78, 5) is 15.2. The molecule has 0 fully saturated rings. The highest BCUT2D eigenvalue weighted by molar-refractivity contribution is 8.13. The van der Waals surface area contributed by atoms with Crippen molar-refractivity contribution >= 4 is 17.0 Å². The van der Waals surface area contributed by atoms with Crippen LogP contribution in [0.5, 0.6) is 0 Å². The third kappa shape index (κ3) is 4.14. The van der Waals surface area contributed by atoms with Crippen molar-refractivity contribution in [2.24, 2.45) is 0 Å². The second kappa shape index (κ2) is 7.83. The van der Waals surface area contributed by atoms with E-state index in [9.17, 15) is 4.79 Å². The summed E-state index contributed by atoms with van der Waals surface area (Å²) < 4.78 is 3.75. The summed E-state index contributed by atoms with van der Waals surface area (Å²) >= 11 is 1.27. The van der Waals surface area contributed by atoms with Gasteiger partial charge >= 0.3 is 0 Å². The first-order valence-electron chi connectivity index (χ1n) is 9.21. The van der Waals surface area contributed by atoms with Crippen LogP contribution in [-0.4, -0.2) is 43.8 Å². The van der Waals surface area contributed by atoms with Crippen LogP contribution in [0.2, 0.25) is 0 Å². The molecule has 2 aromatic heterocycles. The molecule has 1 amide bonds. The van der Waals surface area contributed by atoms with Gasteiger partial charge in [-0.1, -0.05) is 38.5 Å². The predicted molar refractivity (Wildman–Crippen MR) is 113 cm³/mol. The van der Waals surface area contributed by atoms with Crippen molar-refractivity contribution in [1.82, 2.24) is 24.5 Å². The zero-order valence-electron chi connectivity index (χ0n) is 17.2. The molecular weight excluding hydrogens is 370 g/mol. The van der Waals surface area contributed by atoms with Crippen molar-refractivity contribution in [3.63, 3.8) is 0 Å². The third-order valence-corrected chi connectivity index (χ3v) is 5.65. The summed E-state index contributed by atoms with van der Waals surface area (Å²) in [6.45, 7) is 8.61. The highest BCUT2D eigenvalue weighted by atomic mass is 32.2. The fourth-order valence-electron chi connectivity index (χ4n) is 3.10. The molecule has 0 saturated carbocycles. The van der Waals surface area contributed by atoms with Crippen LogP contribution in [0.25, 0.3) is 0 Å². The van der Waals surface area contributed by atoms with Gasteiger partial charge in [0.25, 0.3) is 5.24 Å². The Morgan fingerprint density at radius 3 is 2.07 bits per heavy atom. The molecule has 0 radical (unpaired) electrons. The summed E-state index contributed by atoms with van der Waals surface area (Å²) in [6, 6.07) is 8.11. The minimum absolute atomic E-state index is 0.00437. The van der Waals surface area contributed by atoms with E-state index in [2.05, 4.69) is 50.0 Å². The Bertz CT molecular complexity index is 906. The van der Waals surface area contributed by atoms with Crippen molar-refractivity contribution in [2.75, 3.05) is 14.1 Å². The van der Waals surface area contributed by atoms with Gasteiger partial charge in [-0.25, -0.2) is 9.36 Å². The molecule has 148 valence electrons. The van der Waals surface area contributed by atoms with Crippen LogP contribution in [0.4, 0.5) is 4.79 Å². The van der Waals surface area contributed by atoms with Gasteiger partial charge in [0, 0.05) is 49.3 Å². The topological polar surface area (TPSA) is 56.0 Å². The Morgan fingerprint density at radius 2 is 1.64 bits per heavy atom. The number of aromatic nitrogens is 4. The summed E-state index contributed by atoms with van der Waals surface area (Å²) in [6.07, 6.45) is 7.09. The van der Waals surface area contributed by atoms with Gasteiger partial charge in [0.1, 0.15) is 0 Å². The fourth-order valence-corrected chi connectivity index (χ4v) is 4.21. The maximum atomic E-state index is 12.7. The Labute approximate surface area is 170 Å². The lowest BCUT2D eigenvalue weighted by Gasteiger charge is -2.29. The first-order valence-corrected chi connectivity index (χ1v) is 10.0. The number of carbonyl (C=O) groups excluding carboxylic acids is 1. The Balaban J connectivity index is 2.28. The number of nitrogens with zero attached hydrogens (tertiary/aromatic N) is 5. The molecule has 2 heterocycles. The molecule has 0 spiro atoms. The van der Waals surface area contributed by atoms with Crippen molar-refractivity contribution in [3.8, 4) is 0 Å². The van der Waals surface area contributed by atoms with E-state index in [1.54, 1.807) is 31.4 Å². The smallest absolute Gasteiger partial charge is 0.285 e. The molecule has 1 aromatic carbocycles. The molecule has 28 heavy (non-hydrogen) atoms. The van der Waals surface area contributed by atoms with E-state index in [0.29, 0.717) is 0 Å². The van der Waals surface area contributed by atoms with Crippen molar-refractivity contribution in [1.29, 1.82) is 0 Å². The monoisotopic (exact) mass is 397 g/mol. The van der Waals surface area contributed by atoms with Crippen molar-refractivity contribution in [2.45, 2.75) is 44.2 Å². The summed E-state index contributed by atoms with van der Waals surface area (Å²) in [7, 11) is 3.55. The maximum Gasteiger partial charge on any atom is 0.285 e. The molecule has 6 nitrogen and oxygen atoms in total. The average molecular weight is 398 g/mol. The minimum Gasteiger partial charge on any atom is -0.339 e. The lowest BCUT2D eigenvalue weighted by molar-refractivity contribution is 0.241. The molecule has 0 aliphatic carbocycles. The van der Waals surface area contributed by atoms with Gasteiger partial charge in [0.05, 0.1) is 0 Å². The number of amides is 1. The second-order valence-corrected chi connectivity index (χ2v) is 9.05. The molecule has 7 heteroatoms. The van der Waals surface area contributed by atoms with Crippen LogP contribution in [0, 0.1) is 6.92 Å². The van der Waals surface area contributed by atoms with Gasteiger partial charge in [0.2, 0.25) is 0 Å². The van der Waals surface area contributed by atoms with E-state index in [0.717, 1.165) is 21.6 Å². The Kier molecular flexibility index (Phi) is 5.65. The molecule has 0 N–H and O–H groups in total. The standard InChI is InChI=1S/C21H27N5OS/c1-15-13-16(19(25-11-7-9-22-25)26-12-8-10-23-26)18(28-20(27)24(5)6)17(14-15)21(2,3)4/h7-14,19H,1-6H3. The highest BCUT2D eigenvalue weighted by Crippen LogP contribution is 2.40.